The molecule has 3 rings (SSSR count). The Hall–Kier alpha value is -3.30. The predicted molar refractivity (Wildman–Crippen MR) is 142 cm³/mol. The molecule has 36 heavy (non-hydrogen) atoms. The molecule has 0 radical (unpaired) electrons. The van der Waals surface area contributed by atoms with Crippen LogP contribution in [0.15, 0.2) is 41.8 Å². The molecule has 1 amide bonds. The fraction of sp³-hybridized carbons (Fsp3) is 0.407. The number of carbonyl (C=O) groups excluding carboxylic acids is 1. The summed E-state index contributed by atoms with van der Waals surface area (Å²) in [6.45, 7) is 5.88. The minimum atomic E-state index is -0.152. The molecule has 1 heterocycles. The molecule has 0 aliphatic carbocycles. The van der Waals surface area contributed by atoms with Crippen LogP contribution in [-0.4, -0.2) is 56.8 Å². The van der Waals surface area contributed by atoms with Crippen LogP contribution in [0.1, 0.15) is 40.5 Å². The molecule has 0 unspecified atom stereocenters. The number of ether oxygens (including phenoxy) is 4. The average Bonchev–Trinajstić information content (AvgIpc) is 3.35. The Balaban J connectivity index is 1.81. The van der Waals surface area contributed by atoms with Gasteiger partial charge in [-0.1, -0.05) is 12.1 Å². The van der Waals surface area contributed by atoms with Crippen molar-refractivity contribution in [3.63, 3.8) is 0 Å². The van der Waals surface area contributed by atoms with Crippen LogP contribution in [-0.2, 0) is 19.5 Å². The molecule has 0 aliphatic rings. The highest BCUT2D eigenvalue weighted by Crippen LogP contribution is 2.29. The van der Waals surface area contributed by atoms with Crippen LogP contribution in [0.3, 0.4) is 0 Å². The van der Waals surface area contributed by atoms with Crippen LogP contribution in [0.25, 0.3) is 0 Å². The molecule has 0 saturated heterocycles. The van der Waals surface area contributed by atoms with Gasteiger partial charge in [0.1, 0.15) is 22.2 Å². The minimum Gasteiger partial charge on any atom is -0.497 e. The van der Waals surface area contributed by atoms with Gasteiger partial charge in [0.15, 0.2) is 11.5 Å². The van der Waals surface area contributed by atoms with E-state index >= 15 is 0 Å². The van der Waals surface area contributed by atoms with Gasteiger partial charge in [0.05, 0.1) is 35.0 Å². The minimum absolute atomic E-state index is 0.0585. The summed E-state index contributed by atoms with van der Waals surface area (Å²) in [5, 5.41) is 5.59. The number of hydrogen-bond acceptors (Lipinski definition) is 8. The van der Waals surface area contributed by atoms with Gasteiger partial charge in [0, 0.05) is 36.1 Å². The first-order chi connectivity index (χ1) is 17.4. The zero-order valence-electron chi connectivity index (χ0n) is 21.8. The van der Waals surface area contributed by atoms with Gasteiger partial charge in [-0.15, -0.1) is 11.3 Å². The number of hydrogen-bond donors (Lipinski definition) is 1. The molecule has 2 aromatic carbocycles. The maximum absolute atomic E-state index is 12.4. The molecule has 0 spiro atoms. The summed E-state index contributed by atoms with van der Waals surface area (Å²) in [6.07, 6.45) is 0.797. The summed E-state index contributed by atoms with van der Waals surface area (Å²) in [5.74, 6) is 2.77. The SMILES string of the molecule is COc1ccc(CN(CCc2ccc(OC)c(OC)c2)Cc2nc(C(=O)NC(C)C)cs2)c(OC)c1. The van der Waals surface area contributed by atoms with E-state index < -0.39 is 0 Å². The Kier molecular flexibility index (Phi) is 9.95. The molecular weight excluding hydrogens is 478 g/mol. The molecule has 194 valence electrons. The molecule has 1 aromatic heterocycles. The van der Waals surface area contributed by atoms with Gasteiger partial charge in [-0.05, 0) is 44.0 Å². The van der Waals surface area contributed by atoms with Gasteiger partial charge in [-0.3, -0.25) is 9.69 Å². The van der Waals surface area contributed by atoms with E-state index in [0.717, 1.165) is 40.6 Å². The lowest BCUT2D eigenvalue weighted by molar-refractivity contribution is 0.0938. The van der Waals surface area contributed by atoms with E-state index in [2.05, 4.69) is 15.2 Å². The van der Waals surface area contributed by atoms with E-state index in [-0.39, 0.29) is 11.9 Å². The van der Waals surface area contributed by atoms with Gasteiger partial charge < -0.3 is 24.3 Å². The Morgan fingerprint density at radius 3 is 2.36 bits per heavy atom. The number of amides is 1. The Morgan fingerprint density at radius 2 is 1.69 bits per heavy atom. The topological polar surface area (TPSA) is 82.2 Å². The Morgan fingerprint density at radius 1 is 0.944 bits per heavy atom. The van der Waals surface area contributed by atoms with Gasteiger partial charge in [0.25, 0.3) is 5.91 Å². The van der Waals surface area contributed by atoms with E-state index in [1.165, 1.54) is 11.3 Å². The number of benzene rings is 2. The first-order valence-electron chi connectivity index (χ1n) is 11.8. The molecule has 0 aliphatic heterocycles. The van der Waals surface area contributed by atoms with Crippen molar-refractivity contribution in [3.05, 3.63) is 63.6 Å². The van der Waals surface area contributed by atoms with Crippen LogP contribution >= 0.6 is 11.3 Å². The highest BCUT2D eigenvalue weighted by Gasteiger charge is 2.17. The second-order valence-electron chi connectivity index (χ2n) is 8.58. The largest absolute Gasteiger partial charge is 0.497 e. The van der Waals surface area contributed by atoms with Gasteiger partial charge >= 0.3 is 0 Å². The van der Waals surface area contributed by atoms with Crippen molar-refractivity contribution in [1.82, 2.24) is 15.2 Å². The molecule has 9 heteroatoms. The summed E-state index contributed by atoms with van der Waals surface area (Å²) < 4.78 is 21.8. The van der Waals surface area contributed by atoms with Crippen LogP contribution in [0.5, 0.6) is 23.0 Å². The molecule has 0 bridgehead atoms. The number of aromatic nitrogens is 1. The maximum Gasteiger partial charge on any atom is 0.270 e. The van der Waals surface area contributed by atoms with Crippen molar-refractivity contribution in [3.8, 4) is 23.0 Å². The zero-order valence-corrected chi connectivity index (χ0v) is 22.6. The third-order valence-electron chi connectivity index (χ3n) is 5.62. The first-order valence-corrected chi connectivity index (χ1v) is 12.6. The fourth-order valence-corrected chi connectivity index (χ4v) is 4.59. The molecule has 0 fully saturated rings. The van der Waals surface area contributed by atoms with Crippen molar-refractivity contribution in [2.45, 2.75) is 39.4 Å². The number of rotatable bonds is 13. The highest BCUT2D eigenvalue weighted by atomic mass is 32.1. The van der Waals surface area contributed by atoms with Crippen molar-refractivity contribution < 1.29 is 23.7 Å². The molecule has 0 saturated carbocycles. The predicted octanol–water partition coefficient (Wildman–Crippen LogP) is 4.56. The summed E-state index contributed by atoms with van der Waals surface area (Å²) in [5.41, 5.74) is 2.63. The zero-order chi connectivity index (χ0) is 26.1. The van der Waals surface area contributed by atoms with Crippen molar-refractivity contribution in [2.75, 3.05) is 35.0 Å². The standard InChI is InChI=1S/C27H35N3O5S/c1-18(2)28-27(31)22-17-36-26(29-22)16-30(15-20-8-9-21(32-3)14-24(20)34-5)12-11-19-7-10-23(33-4)25(13-19)35-6/h7-10,13-14,17-18H,11-12,15-16H2,1-6H3,(H,28,31). The second kappa shape index (κ2) is 13.1. The number of thiazole rings is 1. The van der Waals surface area contributed by atoms with Crippen molar-refractivity contribution in [1.29, 1.82) is 0 Å². The monoisotopic (exact) mass is 513 g/mol. The summed E-state index contributed by atoms with van der Waals surface area (Å²) in [4.78, 5) is 19.3. The smallest absolute Gasteiger partial charge is 0.270 e. The third kappa shape index (κ3) is 7.35. The molecule has 3 aromatic rings. The van der Waals surface area contributed by atoms with Gasteiger partial charge in [-0.2, -0.15) is 0 Å². The third-order valence-corrected chi connectivity index (χ3v) is 6.45. The molecule has 0 atom stereocenters. The lowest BCUT2D eigenvalue weighted by Crippen LogP contribution is -2.30. The van der Waals surface area contributed by atoms with Crippen LogP contribution in [0.2, 0.25) is 0 Å². The van der Waals surface area contributed by atoms with Crippen LogP contribution in [0.4, 0.5) is 0 Å². The summed E-state index contributed by atoms with van der Waals surface area (Å²) >= 11 is 1.49. The van der Waals surface area contributed by atoms with E-state index in [1.54, 1.807) is 28.4 Å². The normalized spacial score (nSPS) is 11.0. The van der Waals surface area contributed by atoms with Crippen LogP contribution < -0.4 is 24.3 Å². The molecular formula is C27H35N3O5S. The van der Waals surface area contributed by atoms with Gasteiger partial charge in [0.2, 0.25) is 0 Å². The Bertz CT molecular complexity index is 1150. The van der Waals surface area contributed by atoms with Crippen molar-refractivity contribution in [2.24, 2.45) is 0 Å². The number of nitrogens with one attached hydrogen (secondary N) is 1. The quantitative estimate of drug-likeness (QED) is 0.359. The highest BCUT2D eigenvalue weighted by molar-refractivity contribution is 7.09. The second-order valence-corrected chi connectivity index (χ2v) is 9.53. The fourth-order valence-electron chi connectivity index (χ4n) is 3.78. The molecule has 8 nitrogen and oxygen atoms in total. The first kappa shape index (κ1) is 27.3. The lowest BCUT2D eigenvalue weighted by atomic mass is 10.1. The number of methoxy groups -OCH3 is 4. The van der Waals surface area contributed by atoms with Crippen LogP contribution in [0, 0.1) is 0 Å². The van der Waals surface area contributed by atoms with E-state index in [0.29, 0.717) is 30.3 Å². The van der Waals surface area contributed by atoms with E-state index in [1.807, 2.05) is 55.6 Å². The van der Waals surface area contributed by atoms with Crippen molar-refractivity contribution >= 4 is 17.2 Å². The summed E-state index contributed by atoms with van der Waals surface area (Å²) in [7, 11) is 6.57. The molecule has 1 N–H and O–H groups in total. The van der Waals surface area contributed by atoms with E-state index in [4.69, 9.17) is 18.9 Å². The number of carbonyl (C=O) groups is 1. The Labute approximate surface area is 217 Å². The maximum atomic E-state index is 12.4. The average molecular weight is 514 g/mol. The summed E-state index contributed by atoms with van der Waals surface area (Å²) in [6, 6.07) is 11.9. The van der Waals surface area contributed by atoms with Gasteiger partial charge in [-0.25, -0.2) is 4.98 Å². The number of nitrogens with zero attached hydrogens (tertiary/aromatic N) is 2. The lowest BCUT2D eigenvalue weighted by Gasteiger charge is -2.23. The van der Waals surface area contributed by atoms with E-state index in [9.17, 15) is 4.79 Å².